The van der Waals surface area contributed by atoms with Crippen LogP contribution in [0.3, 0.4) is 0 Å². The molecule has 0 aromatic heterocycles. The smallest absolute Gasteiger partial charge is 0.344 e. The van der Waals surface area contributed by atoms with Gasteiger partial charge in [0.05, 0.1) is 0 Å². The first-order valence-electron chi connectivity index (χ1n) is 0.928. The van der Waals surface area contributed by atoms with E-state index in [4.69, 9.17) is 4.10 Å². The summed E-state index contributed by atoms with van der Waals surface area (Å²) < 4.78 is 16.9. The van der Waals surface area contributed by atoms with Crippen LogP contribution < -0.4 is 6.15 Å². The molecular weight excluding hydrogens is 133 g/mol. The van der Waals surface area contributed by atoms with Gasteiger partial charge < -0.3 is 6.15 Å². The predicted molar refractivity (Wildman–Crippen MR) is 20.9 cm³/mol. The van der Waals surface area contributed by atoms with Crippen LogP contribution in [0.15, 0.2) is 0 Å². The average Bonchev–Trinajstić information content (AvgIpc) is 0.811. The van der Waals surface area contributed by atoms with Gasteiger partial charge in [-0.2, -0.15) is 0 Å². The Bertz CT molecular complexity index is 32.6. The Morgan fingerprint density at radius 3 is 1.80 bits per heavy atom. The third-order valence-electron chi connectivity index (χ3n) is 0. The summed E-state index contributed by atoms with van der Waals surface area (Å²) in [5.74, 6) is 0. The first kappa shape index (κ1) is 8.99. The molecule has 0 heterocycles. The van der Waals surface area contributed by atoms with Gasteiger partial charge in [0.1, 0.15) is 0 Å². The molecule has 4 heteroatoms. The summed E-state index contributed by atoms with van der Waals surface area (Å²) in [6.07, 6.45) is 0. The van der Waals surface area contributed by atoms with Crippen LogP contribution in [0.25, 0.3) is 0 Å². The van der Waals surface area contributed by atoms with E-state index in [1.807, 2.05) is 0 Å². The van der Waals surface area contributed by atoms with Crippen molar-refractivity contribution in [1.82, 2.24) is 6.15 Å². The Hall–Kier alpha value is 0.278. The van der Waals surface area contributed by atoms with Crippen molar-refractivity contribution in [1.29, 1.82) is 0 Å². The van der Waals surface area contributed by atoms with E-state index in [1.165, 1.54) is 5.71 Å². The molecule has 0 fully saturated rings. The van der Waals surface area contributed by atoms with Crippen LogP contribution in [0.5, 0.6) is 0 Å². The van der Waals surface area contributed by atoms with E-state index in [0.29, 0.717) is 0 Å². The Kier molecular flexibility index (Phi) is 7.69. The second-order valence-electron chi connectivity index (χ2n) is 0.519. The molecule has 0 saturated carbocycles. The van der Waals surface area contributed by atoms with Crippen LogP contribution in [0, 0.1) is 0 Å². The van der Waals surface area contributed by atoms with Crippen molar-refractivity contribution in [3.63, 3.8) is 0 Å². The minimum atomic E-state index is -2.58. The first-order chi connectivity index (χ1) is 1.73. The van der Waals surface area contributed by atoms with E-state index >= 15 is 0 Å². The summed E-state index contributed by atoms with van der Waals surface area (Å²) in [4.78, 5) is 0. The molecule has 4 N–H and O–H groups in total. The molecule has 0 aromatic carbocycles. The maximum absolute atomic E-state index is 9.25. The Labute approximate surface area is 35.4 Å². The van der Waals surface area contributed by atoms with E-state index in [9.17, 15) is 3.74 Å². The predicted octanol–water partition coefficient (Wildman–Crippen LogP) is -0.579. The second kappa shape index (κ2) is 4.28. The topological polar surface area (TPSA) is 72.3 Å². The molecule has 1 atom stereocenters. The molecule has 0 rings (SSSR count). The Morgan fingerprint density at radius 1 is 1.80 bits per heavy atom. The summed E-state index contributed by atoms with van der Waals surface area (Å²) in [6, 6.07) is 0. The summed E-state index contributed by atoms with van der Waals surface area (Å²) >= 11 is -2.58. The molecule has 0 aromatic rings. The van der Waals surface area contributed by atoms with Gasteiger partial charge >= 0.3 is 28.5 Å². The van der Waals surface area contributed by atoms with Crippen molar-refractivity contribution in [3.05, 3.63) is 0 Å². The van der Waals surface area contributed by atoms with Crippen molar-refractivity contribution in [3.8, 4) is 0 Å². The van der Waals surface area contributed by atoms with E-state index in [1.54, 1.807) is 0 Å². The van der Waals surface area contributed by atoms with Crippen LogP contribution in [0.2, 0.25) is 5.71 Å². The van der Waals surface area contributed by atoms with Gasteiger partial charge in [-0.05, 0) is 0 Å². The maximum atomic E-state index is 9.25. The minimum Gasteiger partial charge on any atom is -0.344 e. The zero-order valence-electron chi connectivity index (χ0n) is 3.06. The average molecular weight is 141 g/mol. The molecule has 1 unspecified atom stereocenters. The molecule has 5 heavy (non-hydrogen) atoms. The second-order valence-corrected chi connectivity index (χ2v) is 2.70. The molecule has 0 saturated heterocycles. The summed E-state index contributed by atoms with van der Waals surface area (Å²) in [5, 5.41) is 0. The van der Waals surface area contributed by atoms with E-state index in [-0.39, 0.29) is 6.15 Å². The molecule has 0 aliphatic carbocycles. The summed E-state index contributed by atoms with van der Waals surface area (Å²) in [5.41, 5.74) is 1.33. The van der Waals surface area contributed by atoms with E-state index in [2.05, 4.69) is 0 Å². The molecule has 34 valence electrons. The van der Waals surface area contributed by atoms with Crippen molar-refractivity contribution in [2.75, 3.05) is 0 Å². The standard InChI is InChI=1S/CH5AsO2.H3N/c1-2(3)4;/h2H,1H3,(H,3,4);1H3. The molecule has 0 radical (unpaired) electrons. The fourth-order valence-corrected chi connectivity index (χ4v) is 0. The Morgan fingerprint density at radius 2 is 1.80 bits per heavy atom. The van der Waals surface area contributed by atoms with Crippen molar-refractivity contribution < 1.29 is 7.84 Å². The van der Waals surface area contributed by atoms with Gasteiger partial charge in [-0.1, -0.05) is 0 Å². The maximum Gasteiger partial charge on any atom is -0.344 e. The number of rotatable bonds is 0. The molecule has 0 bridgehead atoms. The van der Waals surface area contributed by atoms with Crippen LogP contribution in [-0.4, -0.2) is 19.0 Å². The largest absolute Gasteiger partial charge is 0.344 e. The third kappa shape index (κ3) is 286. The van der Waals surface area contributed by atoms with Gasteiger partial charge in [0.2, 0.25) is 0 Å². The monoisotopic (exact) mass is 141 g/mol. The zero-order chi connectivity index (χ0) is 3.58. The van der Waals surface area contributed by atoms with Crippen LogP contribution in [0.4, 0.5) is 0 Å². The first-order valence-corrected chi connectivity index (χ1v) is 4.82. The SMILES string of the molecule is C[AsH](=O)O.N. The fraction of sp³-hybridized carbons (Fsp3) is 1.00. The Balaban J connectivity index is 0. The van der Waals surface area contributed by atoms with Crippen LogP contribution in [-0.2, 0) is 3.74 Å². The molecule has 0 amide bonds. The fourth-order valence-electron chi connectivity index (χ4n) is 0. The minimum absolute atomic E-state index is 0. The number of hydrogen-bond acceptors (Lipinski definition) is 2. The molecule has 3 nitrogen and oxygen atoms in total. The normalized spacial score (nSPS) is 12.4. The van der Waals surface area contributed by atoms with Crippen molar-refractivity contribution in [2.45, 2.75) is 5.71 Å². The van der Waals surface area contributed by atoms with Gasteiger partial charge in [0, 0.05) is 0 Å². The molecule has 0 aliphatic heterocycles. The van der Waals surface area contributed by atoms with Crippen molar-refractivity contribution in [2.24, 2.45) is 0 Å². The quantitative estimate of drug-likeness (QED) is 0.443. The summed E-state index contributed by atoms with van der Waals surface area (Å²) in [7, 11) is 0. The molecule has 0 aliphatic rings. The van der Waals surface area contributed by atoms with Gasteiger partial charge in [0.15, 0.2) is 0 Å². The third-order valence-corrected chi connectivity index (χ3v) is 0. The molecular formula is CH8AsNO2. The zero-order valence-corrected chi connectivity index (χ0v) is 5.16. The van der Waals surface area contributed by atoms with Crippen LogP contribution in [0.1, 0.15) is 0 Å². The number of hydrogen-bond donors (Lipinski definition) is 2. The van der Waals surface area contributed by atoms with Crippen molar-refractivity contribution >= 4 is 14.9 Å². The van der Waals surface area contributed by atoms with Gasteiger partial charge in [-0.3, -0.25) is 0 Å². The van der Waals surface area contributed by atoms with E-state index in [0.717, 1.165) is 0 Å². The van der Waals surface area contributed by atoms with Gasteiger partial charge in [0.25, 0.3) is 0 Å². The van der Waals surface area contributed by atoms with Gasteiger partial charge in [-0.15, -0.1) is 0 Å². The van der Waals surface area contributed by atoms with Crippen LogP contribution >= 0.6 is 0 Å². The van der Waals surface area contributed by atoms with E-state index < -0.39 is 14.9 Å². The molecule has 0 spiro atoms. The summed E-state index contributed by atoms with van der Waals surface area (Å²) in [6.45, 7) is 0. The van der Waals surface area contributed by atoms with Gasteiger partial charge in [-0.25, -0.2) is 0 Å².